The lowest BCUT2D eigenvalue weighted by molar-refractivity contribution is -0.121. The average Bonchev–Trinajstić information content (AvgIpc) is 2.60. The van der Waals surface area contributed by atoms with Gasteiger partial charge in [0, 0.05) is 17.7 Å². The molecule has 0 heterocycles. The third-order valence-corrected chi connectivity index (χ3v) is 3.99. The Labute approximate surface area is 136 Å². The molecule has 1 aromatic rings. The number of benzene rings is 1. The van der Waals surface area contributed by atoms with E-state index in [1.807, 2.05) is 0 Å². The summed E-state index contributed by atoms with van der Waals surface area (Å²) in [6, 6.07) is 5.14. The van der Waals surface area contributed by atoms with Crippen LogP contribution in [-0.2, 0) is 4.79 Å². The zero-order valence-electron chi connectivity index (χ0n) is 13.7. The predicted octanol–water partition coefficient (Wildman–Crippen LogP) is 1.88. The minimum Gasteiger partial charge on any atom is -0.497 e. The third kappa shape index (κ3) is 5.16. The standard InChI is InChI=1S/C17H24N2O4/c1-22-14-8-12(9-15(10-14)23-2)17(21)18-11-16(20)19-13-6-4-3-5-7-13/h8-10,13H,3-7,11H2,1-2H3,(H,18,21)(H,19,20). The Morgan fingerprint density at radius 2 is 1.65 bits per heavy atom. The van der Waals surface area contributed by atoms with Gasteiger partial charge in [0.05, 0.1) is 20.8 Å². The second-order valence-electron chi connectivity index (χ2n) is 5.69. The van der Waals surface area contributed by atoms with E-state index >= 15 is 0 Å². The third-order valence-electron chi connectivity index (χ3n) is 3.99. The summed E-state index contributed by atoms with van der Waals surface area (Å²) in [5.74, 6) is 0.573. The molecule has 126 valence electrons. The van der Waals surface area contributed by atoms with Crippen molar-refractivity contribution >= 4 is 11.8 Å². The molecule has 6 nitrogen and oxygen atoms in total. The summed E-state index contributed by atoms with van der Waals surface area (Å²) in [5, 5.41) is 5.60. The summed E-state index contributed by atoms with van der Waals surface area (Å²) in [5.41, 5.74) is 0.395. The van der Waals surface area contributed by atoms with Crippen LogP contribution in [0.25, 0.3) is 0 Å². The quantitative estimate of drug-likeness (QED) is 0.839. The Hall–Kier alpha value is -2.24. The molecule has 2 N–H and O–H groups in total. The molecule has 2 rings (SSSR count). The molecule has 0 spiro atoms. The summed E-state index contributed by atoms with van der Waals surface area (Å²) < 4.78 is 10.3. The number of ether oxygens (including phenoxy) is 2. The molecule has 1 aromatic carbocycles. The molecule has 0 atom stereocenters. The van der Waals surface area contributed by atoms with Gasteiger partial charge in [-0.25, -0.2) is 0 Å². The first kappa shape index (κ1) is 17.1. The molecule has 0 unspecified atom stereocenters. The van der Waals surface area contributed by atoms with E-state index < -0.39 is 0 Å². The molecule has 1 saturated carbocycles. The van der Waals surface area contributed by atoms with Gasteiger partial charge in [-0.2, -0.15) is 0 Å². The van der Waals surface area contributed by atoms with Crippen LogP contribution in [0, 0.1) is 0 Å². The Morgan fingerprint density at radius 3 is 2.22 bits per heavy atom. The fourth-order valence-electron chi connectivity index (χ4n) is 2.73. The summed E-state index contributed by atoms with van der Waals surface area (Å²) in [7, 11) is 3.04. The van der Waals surface area contributed by atoms with Crippen LogP contribution in [0.1, 0.15) is 42.5 Å². The molecule has 2 amide bonds. The van der Waals surface area contributed by atoms with E-state index in [1.54, 1.807) is 18.2 Å². The summed E-state index contributed by atoms with van der Waals surface area (Å²) >= 11 is 0. The van der Waals surface area contributed by atoms with Gasteiger partial charge in [0.25, 0.3) is 5.91 Å². The van der Waals surface area contributed by atoms with E-state index in [4.69, 9.17) is 9.47 Å². The lowest BCUT2D eigenvalue weighted by Gasteiger charge is -2.22. The average molecular weight is 320 g/mol. The van der Waals surface area contributed by atoms with Gasteiger partial charge in [-0.3, -0.25) is 9.59 Å². The Balaban J connectivity index is 1.87. The maximum atomic E-state index is 12.2. The van der Waals surface area contributed by atoms with E-state index in [2.05, 4.69) is 10.6 Å². The topological polar surface area (TPSA) is 76.7 Å². The highest BCUT2D eigenvalue weighted by molar-refractivity contribution is 5.97. The molecule has 0 radical (unpaired) electrons. The molecule has 6 heteroatoms. The van der Waals surface area contributed by atoms with E-state index in [0.29, 0.717) is 17.1 Å². The molecule has 1 aliphatic carbocycles. The second-order valence-corrected chi connectivity index (χ2v) is 5.69. The highest BCUT2D eigenvalue weighted by Crippen LogP contribution is 2.22. The molecule has 23 heavy (non-hydrogen) atoms. The van der Waals surface area contributed by atoms with Crippen molar-refractivity contribution < 1.29 is 19.1 Å². The van der Waals surface area contributed by atoms with E-state index in [1.165, 1.54) is 20.6 Å². The first-order valence-corrected chi connectivity index (χ1v) is 7.93. The highest BCUT2D eigenvalue weighted by Gasteiger charge is 2.16. The lowest BCUT2D eigenvalue weighted by atomic mass is 9.95. The van der Waals surface area contributed by atoms with Gasteiger partial charge >= 0.3 is 0 Å². The van der Waals surface area contributed by atoms with Gasteiger partial charge in [-0.15, -0.1) is 0 Å². The van der Waals surface area contributed by atoms with Crippen molar-refractivity contribution in [3.63, 3.8) is 0 Å². The van der Waals surface area contributed by atoms with Crippen molar-refractivity contribution in [3.05, 3.63) is 23.8 Å². The van der Waals surface area contributed by atoms with E-state index in [0.717, 1.165) is 25.7 Å². The Bertz CT molecular complexity index is 531. The molecular weight excluding hydrogens is 296 g/mol. The fourth-order valence-corrected chi connectivity index (χ4v) is 2.73. The number of hydrogen-bond donors (Lipinski definition) is 2. The second kappa shape index (κ2) is 8.41. The number of rotatable bonds is 6. The van der Waals surface area contributed by atoms with Gasteiger partial charge < -0.3 is 20.1 Å². The van der Waals surface area contributed by atoms with Crippen LogP contribution >= 0.6 is 0 Å². The number of methoxy groups -OCH3 is 2. The van der Waals surface area contributed by atoms with Crippen LogP contribution in [-0.4, -0.2) is 38.6 Å². The Morgan fingerprint density at radius 1 is 1.04 bits per heavy atom. The predicted molar refractivity (Wildman–Crippen MR) is 86.9 cm³/mol. The van der Waals surface area contributed by atoms with Crippen LogP contribution in [0.15, 0.2) is 18.2 Å². The van der Waals surface area contributed by atoms with Crippen LogP contribution in [0.5, 0.6) is 11.5 Å². The molecular formula is C17H24N2O4. The van der Waals surface area contributed by atoms with Crippen molar-refractivity contribution in [1.82, 2.24) is 10.6 Å². The zero-order valence-corrected chi connectivity index (χ0v) is 13.7. The number of carbonyl (C=O) groups is 2. The van der Waals surface area contributed by atoms with Crippen molar-refractivity contribution in [2.75, 3.05) is 20.8 Å². The van der Waals surface area contributed by atoms with Gasteiger partial charge in [0.2, 0.25) is 5.91 Å². The molecule has 0 bridgehead atoms. The van der Waals surface area contributed by atoms with Crippen molar-refractivity contribution in [1.29, 1.82) is 0 Å². The molecule has 1 fully saturated rings. The lowest BCUT2D eigenvalue weighted by Crippen LogP contribution is -2.42. The van der Waals surface area contributed by atoms with Gasteiger partial charge in [-0.1, -0.05) is 19.3 Å². The van der Waals surface area contributed by atoms with Crippen molar-refractivity contribution in [2.24, 2.45) is 0 Å². The summed E-state index contributed by atoms with van der Waals surface area (Å²) in [4.78, 5) is 24.1. The minimum absolute atomic E-state index is 0.0329. The van der Waals surface area contributed by atoms with Crippen LogP contribution < -0.4 is 20.1 Å². The fraction of sp³-hybridized carbons (Fsp3) is 0.529. The Kier molecular flexibility index (Phi) is 6.26. The van der Waals surface area contributed by atoms with Gasteiger partial charge in [-0.05, 0) is 25.0 Å². The molecule has 0 aromatic heterocycles. The van der Waals surface area contributed by atoms with E-state index in [9.17, 15) is 9.59 Å². The van der Waals surface area contributed by atoms with Crippen LogP contribution in [0.4, 0.5) is 0 Å². The number of amides is 2. The van der Waals surface area contributed by atoms with Gasteiger partial charge in [0.1, 0.15) is 11.5 Å². The monoisotopic (exact) mass is 320 g/mol. The largest absolute Gasteiger partial charge is 0.497 e. The summed E-state index contributed by atoms with van der Waals surface area (Å²) in [6.45, 7) is -0.0329. The molecule has 0 aliphatic heterocycles. The highest BCUT2D eigenvalue weighted by atomic mass is 16.5. The van der Waals surface area contributed by atoms with Crippen LogP contribution in [0.3, 0.4) is 0 Å². The van der Waals surface area contributed by atoms with E-state index in [-0.39, 0.29) is 24.4 Å². The first-order chi connectivity index (χ1) is 11.1. The maximum Gasteiger partial charge on any atom is 0.251 e. The maximum absolute atomic E-state index is 12.2. The summed E-state index contributed by atoms with van der Waals surface area (Å²) in [6.07, 6.45) is 5.59. The van der Waals surface area contributed by atoms with Crippen LogP contribution in [0.2, 0.25) is 0 Å². The number of hydrogen-bond acceptors (Lipinski definition) is 4. The first-order valence-electron chi connectivity index (χ1n) is 7.93. The SMILES string of the molecule is COc1cc(OC)cc(C(=O)NCC(=O)NC2CCCCC2)c1. The van der Waals surface area contributed by atoms with Gasteiger partial charge in [0.15, 0.2) is 0 Å². The minimum atomic E-state index is -0.332. The zero-order chi connectivity index (χ0) is 16.7. The van der Waals surface area contributed by atoms with Crippen molar-refractivity contribution in [2.45, 2.75) is 38.1 Å². The number of carbonyl (C=O) groups excluding carboxylic acids is 2. The van der Waals surface area contributed by atoms with Crippen molar-refractivity contribution in [3.8, 4) is 11.5 Å². The molecule has 0 saturated heterocycles. The normalized spacial score (nSPS) is 14.9. The smallest absolute Gasteiger partial charge is 0.251 e. The molecule has 1 aliphatic rings. The number of nitrogens with one attached hydrogen (secondary N) is 2.